The number of hydrogen-bond acceptors (Lipinski definition) is 7. The van der Waals surface area contributed by atoms with Crippen LogP contribution in [-0.2, 0) is 5.75 Å². The molecule has 0 aliphatic carbocycles. The van der Waals surface area contributed by atoms with Gasteiger partial charge in [-0.15, -0.1) is 11.3 Å². The zero-order valence-corrected chi connectivity index (χ0v) is 13.0. The largest absolute Gasteiger partial charge is 0.245 e. The first-order valence-corrected chi connectivity index (χ1v) is 10.0. The molecule has 0 radical (unpaired) electrons. The second kappa shape index (κ2) is 6.60. The van der Waals surface area contributed by atoms with Gasteiger partial charge in [0.1, 0.15) is 0 Å². The lowest BCUT2D eigenvalue weighted by Gasteiger charge is -2.00. The normalized spacial score (nSPS) is 10.9. The summed E-state index contributed by atoms with van der Waals surface area (Å²) in [5.41, 5.74) is 4.27. The molecule has 96 valence electrons. The average molecular weight is 323 g/mol. The van der Waals surface area contributed by atoms with Crippen molar-refractivity contribution >= 4 is 53.0 Å². The van der Waals surface area contributed by atoms with E-state index >= 15 is 0 Å². The molecular weight excluding hydrogens is 314 g/mol. The van der Waals surface area contributed by atoms with Gasteiger partial charge in [0, 0.05) is 18.1 Å². The Morgan fingerprint density at radius 1 is 1.11 bits per heavy atom. The summed E-state index contributed by atoms with van der Waals surface area (Å²) in [5, 5.41) is 0.801. The third-order valence-electron chi connectivity index (χ3n) is 2.32. The number of thiazole rings is 1. The highest BCUT2D eigenvalue weighted by atomic mass is 33.5. The average Bonchev–Trinajstić information content (AvgIpc) is 2.92. The molecule has 0 saturated carbocycles. The van der Waals surface area contributed by atoms with E-state index in [2.05, 4.69) is 33.2 Å². The molecule has 1 aromatic carbocycles. The van der Waals surface area contributed by atoms with Crippen LogP contribution in [0.15, 0.2) is 47.3 Å². The van der Waals surface area contributed by atoms with Crippen LogP contribution in [0.25, 0.3) is 10.2 Å². The van der Waals surface area contributed by atoms with Crippen molar-refractivity contribution in [2.24, 2.45) is 0 Å². The van der Waals surface area contributed by atoms with Crippen LogP contribution in [0.5, 0.6) is 0 Å². The van der Waals surface area contributed by atoms with E-state index in [4.69, 9.17) is 0 Å². The highest BCUT2D eigenvalue weighted by Crippen LogP contribution is 2.40. The van der Waals surface area contributed by atoms with Gasteiger partial charge in [-0.25, -0.2) is 15.0 Å². The van der Waals surface area contributed by atoms with Crippen molar-refractivity contribution < 1.29 is 0 Å². The van der Waals surface area contributed by atoms with Crippen molar-refractivity contribution in [1.82, 2.24) is 15.0 Å². The fraction of sp³-hybridized carbons (Fsp3) is 0.0833. The molecule has 19 heavy (non-hydrogen) atoms. The van der Waals surface area contributed by atoms with Crippen LogP contribution < -0.4 is 0 Å². The Morgan fingerprint density at radius 3 is 2.89 bits per heavy atom. The molecule has 0 N–H and O–H groups in total. The molecule has 2 aromatic heterocycles. The maximum absolute atomic E-state index is 4.33. The molecule has 7 heteroatoms. The summed E-state index contributed by atoms with van der Waals surface area (Å²) >= 11 is 1.68. The second-order valence-corrected chi connectivity index (χ2v) is 8.52. The molecule has 0 saturated heterocycles. The molecule has 3 nitrogen and oxygen atoms in total. The van der Waals surface area contributed by atoms with Crippen LogP contribution in [0.3, 0.4) is 0 Å². The van der Waals surface area contributed by atoms with Gasteiger partial charge in [-0.05, 0) is 44.4 Å². The first-order valence-electron chi connectivity index (χ1n) is 5.47. The van der Waals surface area contributed by atoms with E-state index in [0.29, 0.717) is 0 Å². The van der Waals surface area contributed by atoms with E-state index in [1.807, 2.05) is 11.6 Å². The summed E-state index contributed by atoms with van der Waals surface area (Å²) in [7, 11) is 5.08. The lowest BCUT2D eigenvalue weighted by atomic mass is 10.2. The molecular formula is C12H9N3S4. The zero-order valence-electron chi connectivity index (χ0n) is 9.72. The third kappa shape index (κ3) is 3.62. The van der Waals surface area contributed by atoms with Crippen LogP contribution in [-0.4, -0.2) is 15.0 Å². The van der Waals surface area contributed by atoms with Gasteiger partial charge in [0.15, 0.2) is 5.16 Å². The summed E-state index contributed by atoms with van der Waals surface area (Å²) in [6.45, 7) is 0. The Morgan fingerprint density at radius 2 is 2.00 bits per heavy atom. The summed E-state index contributed by atoms with van der Waals surface area (Å²) in [5.74, 6) is 0.956. The van der Waals surface area contributed by atoms with Crippen LogP contribution in [0.1, 0.15) is 5.56 Å². The molecule has 0 bridgehead atoms. The maximum atomic E-state index is 4.33. The van der Waals surface area contributed by atoms with Crippen molar-refractivity contribution in [2.45, 2.75) is 10.9 Å². The zero-order chi connectivity index (χ0) is 12.9. The summed E-state index contributed by atoms with van der Waals surface area (Å²) in [6.07, 6.45) is 3.52. The number of rotatable bonds is 5. The quantitative estimate of drug-likeness (QED) is 0.386. The van der Waals surface area contributed by atoms with Crippen molar-refractivity contribution in [3.05, 3.63) is 47.7 Å². The maximum Gasteiger partial charge on any atom is 0.199 e. The first-order chi connectivity index (χ1) is 9.42. The highest BCUT2D eigenvalue weighted by molar-refractivity contribution is 9.09. The number of nitrogens with zero attached hydrogens (tertiary/aromatic N) is 3. The second-order valence-electron chi connectivity index (χ2n) is 3.60. The summed E-state index contributed by atoms with van der Waals surface area (Å²) in [6, 6.07) is 8.28. The monoisotopic (exact) mass is 323 g/mol. The Bertz CT molecular complexity index is 656. The Labute approximate surface area is 126 Å². The highest BCUT2D eigenvalue weighted by Gasteiger charge is 2.01. The van der Waals surface area contributed by atoms with E-state index in [0.717, 1.165) is 16.4 Å². The predicted molar refractivity (Wildman–Crippen MR) is 86.4 cm³/mol. The lowest BCUT2D eigenvalue weighted by molar-refractivity contribution is 0.973. The number of fused-ring (bicyclic) bond motifs is 1. The number of hydrogen-bond donors (Lipinski definition) is 0. The Hall–Kier alpha value is -0.760. The van der Waals surface area contributed by atoms with Crippen molar-refractivity contribution in [3.63, 3.8) is 0 Å². The third-order valence-corrected chi connectivity index (χ3v) is 6.88. The smallest absolute Gasteiger partial charge is 0.199 e. The molecule has 0 unspecified atom stereocenters. The molecule has 0 aliphatic heterocycles. The molecule has 0 amide bonds. The Kier molecular flexibility index (Phi) is 4.60. The van der Waals surface area contributed by atoms with E-state index in [9.17, 15) is 0 Å². The van der Waals surface area contributed by atoms with Crippen molar-refractivity contribution in [1.29, 1.82) is 0 Å². The summed E-state index contributed by atoms with van der Waals surface area (Å²) < 4.78 is 1.24. The van der Waals surface area contributed by atoms with Gasteiger partial charge in [-0.2, -0.15) is 0 Å². The van der Waals surface area contributed by atoms with Crippen molar-refractivity contribution in [3.8, 4) is 0 Å². The number of aromatic nitrogens is 3. The standard InChI is InChI=1S/C12H9N3S4/c1-4-13-12(14-5-1)18-19-17-7-9-2-3-11-10(6-9)15-8-16-11/h1-6,8H,7H2. The fourth-order valence-corrected chi connectivity index (χ4v) is 5.36. The van der Waals surface area contributed by atoms with Crippen LogP contribution in [0.4, 0.5) is 0 Å². The minimum absolute atomic E-state index is 0.801. The van der Waals surface area contributed by atoms with E-state index in [-0.39, 0.29) is 0 Å². The van der Waals surface area contributed by atoms with Gasteiger partial charge in [0.05, 0.1) is 15.7 Å². The summed E-state index contributed by atoms with van der Waals surface area (Å²) in [4.78, 5) is 12.7. The van der Waals surface area contributed by atoms with Gasteiger partial charge < -0.3 is 0 Å². The Balaban J connectivity index is 1.52. The number of benzene rings is 1. The molecule has 0 spiro atoms. The molecule has 2 heterocycles. The van der Waals surface area contributed by atoms with Crippen LogP contribution in [0.2, 0.25) is 0 Å². The molecule has 3 rings (SSSR count). The van der Waals surface area contributed by atoms with E-state index in [1.165, 1.54) is 10.3 Å². The van der Waals surface area contributed by atoms with Gasteiger partial charge in [0.25, 0.3) is 0 Å². The van der Waals surface area contributed by atoms with Gasteiger partial charge in [-0.3, -0.25) is 0 Å². The van der Waals surface area contributed by atoms with Crippen LogP contribution >= 0.6 is 42.8 Å². The minimum Gasteiger partial charge on any atom is -0.245 e. The van der Waals surface area contributed by atoms with Crippen LogP contribution in [0, 0.1) is 0 Å². The van der Waals surface area contributed by atoms with Gasteiger partial charge in [-0.1, -0.05) is 16.9 Å². The molecule has 3 aromatic rings. The molecule has 0 aliphatic rings. The fourth-order valence-electron chi connectivity index (χ4n) is 1.47. The minimum atomic E-state index is 0.801. The van der Waals surface area contributed by atoms with Gasteiger partial charge >= 0.3 is 0 Å². The lowest BCUT2D eigenvalue weighted by Crippen LogP contribution is -1.80. The predicted octanol–water partition coefficient (Wildman–Crippen LogP) is 4.68. The topological polar surface area (TPSA) is 38.7 Å². The molecule has 0 atom stereocenters. The van der Waals surface area contributed by atoms with E-state index in [1.54, 1.807) is 55.1 Å². The van der Waals surface area contributed by atoms with E-state index < -0.39 is 0 Å². The van der Waals surface area contributed by atoms with Crippen molar-refractivity contribution in [2.75, 3.05) is 0 Å². The first kappa shape index (κ1) is 13.2. The SMILES string of the molecule is c1cnc(SSSCc2ccc3scnc3c2)nc1. The molecule has 0 fully saturated rings. The van der Waals surface area contributed by atoms with Gasteiger partial charge in [0.2, 0.25) is 0 Å².